The molecule has 0 bridgehead atoms. The molecule has 0 heterocycles. The number of rotatable bonds is 3. The van der Waals surface area contributed by atoms with Crippen LogP contribution in [0, 0.1) is 6.92 Å². The van der Waals surface area contributed by atoms with Gasteiger partial charge in [-0.15, -0.1) is 0 Å². The Morgan fingerprint density at radius 1 is 1.40 bits per heavy atom. The fourth-order valence-electron chi connectivity index (χ4n) is 1.69. The maximum atomic E-state index is 6.01. The SMILES string of the molecule is Cc1ccc(Br)cc1N(C)CC(C)(C)N. The summed E-state index contributed by atoms with van der Waals surface area (Å²) in [5.74, 6) is 0. The Hall–Kier alpha value is -0.540. The topological polar surface area (TPSA) is 29.3 Å². The molecule has 15 heavy (non-hydrogen) atoms. The molecule has 2 nitrogen and oxygen atoms in total. The second-order valence-corrected chi connectivity index (χ2v) is 5.69. The number of nitrogens with two attached hydrogens (primary N) is 1. The minimum atomic E-state index is -0.177. The van der Waals surface area contributed by atoms with Gasteiger partial charge in [-0.2, -0.15) is 0 Å². The maximum absolute atomic E-state index is 6.01. The van der Waals surface area contributed by atoms with Crippen LogP contribution in [-0.4, -0.2) is 19.1 Å². The number of hydrogen-bond acceptors (Lipinski definition) is 2. The molecule has 2 N–H and O–H groups in total. The first-order chi connectivity index (χ1) is 6.79. The van der Waals surface area contributed by atoms with Crippen molar-refractivity contribution in [3.8, 4) is 0 Å². The molecule has 0 unspecified atom stereocenters. The van der Waals surface area contributed by atoms with Crippen LogP contribution in [0.3, 0.4) is 0 Å². The molecule has 1 aromatic rings. The normalized spacial score (nSPS) is 11.6. The van der Waals surface area contributed by atoms with Crippen molar-refractivity contribution >= 4 is 21.6 Å². The van der Waals surface area contributed by atoms with Crippen molar-refractivity contribution in [2.75, 3.05) is 18.5 Å². The average Bonchev–Trinajstić information content (AvgIpc) is 2.06. The number of nitrogens with zero attached hydrogens (tertiary/aromatic N) is 1. The Bertz CT molecular complexity index is 342. The fourth-order valence-corrected chi connectivity index (χ4v) is 2.04. The molecule has 0 aliphatic carbocycles. The van der Waals surface area contributed by atoms with Gasteiger partial charge < -0.3 is 10.6 Å². The molecule has 0 amide bonds. The van der Waals surface area contributed by atoms with Gasteiger partial charge in [0.1, 0.15) is 0 Å². The van der Waals surface area contributed by atoms with Crippen LogP contribution in [-0.2, 0) is 0 Å². The third-order valence-corrected chi connectivity index (χ3v) is 2.72. The van der Waals surface area contributed by atoms with E-state index in [-0.39, 0.29) is 5.54 Å². The predicted molar refractivity (Wildman–Crippen MR) is 70.4 cm³/mol. The summed E-state index contributed by atoms with van der Waals surface area (Å²) >= 11 is 3.49. The van der Waals surface area contributed by atoms with Crippen LogP contribution in [0.15, 0.2) is 22.7 Å². The van der Waals surface area contributed by atoms with E-state index in [9.17, 15) is 0 Å². The van der Waals surface area contributed by atoms with Crippen molar-refractivity contribution in [2.45, 2.75) is 26.3 Å². The first kappa shape index (κ1) is 12.5. The molecule has 1 rings (SSSR count). The van der Waals surface area contributed by atoms with Gasteiger partial charge in [-0.05, 0) is 38.5 Å². The molecule has 0 aliphatic heterocycles. The standard InChI is InChI=1S/C12H19BrN2/c1-9-5-6-10(13)7-11(9)15(4)8-12(2,3)14/h5-7H,8,14H2,1-4H3. The van der Waals surface area contributed by atoms with E-state index in [0.717, 1.165) is 11.0 Å². The van der Waals surface area contributed by atoms with E-state index in [2.05, 4.69) is 53.0 Å². The van der Waals surface area contributed by atoms with Gasteiger partial charge >= 0.3 is 0 Å². The zero-order valence-electron chi connectivity index (χ0n) is 9.84. The Balaban J connectivity index is 2.90. The second kappa shape index (κ2) is 4.54. The Morgan fingerprint density at radius 2 is 2.00 bits per heavy atom. The largest absolute Gasteiger partial charge is 0.373 e. The molecule has 0 spiro atoms. The van der Waals surface area contributed by atoms with Crippen molar-refractivity contribution < 1.29 is 0 Å². The molecule has 3 heteroatoms. The number of aryl methyl sites for hydroxylation is 1. The highest BCUT2D eigenvalue weighted by molar-refractivity contribution is 9.10. The van der Waals surface area contributed by atoms with Gasteiger partial charge in [0.05, 0.1) is 0 Å². The molecular weight excluding hydrogens is 252 g/mol. The van der Waals surface area contributed by atoms with Crippen LogP contribution in [0.25, 0.3) is 0 Å². The number of halogens is 1. The van der Waals surface area contributed by atoms with Crippen molar-refractivity contribution in [1.29, 1.82) is 0 Å². The van der Waals surface area contributed by atoms with Crippen molar-refractivity contribution in [3.05, 3.63) is 28.2 Å². The minimum Gasteiger partial charge on any atom is -0.373 e. The van der Waals surface area contributed by atoms with E-state index in [0.29, 0.717) is 0 Å². The summed E-state index contributed by atoms with van der Waals surface area (Å²) in [6.07, 6.45) is 0. The maximum Gasteiger partial charge on any atom is 0.0405 e. The van der Waals surface area contributed by atoms with E-state index >= 15 is 0 Å². The smallest absolute Gasteiger partial charge is 0.0405 e. The van der Waals surface area contributed by atoms with Crippen LogP contribution in [0.2, 0.25) is 0 Å². The van der Waals surface area contributed by atoms with Crippen molar-refractivity contribution in [2.24, 2.45) is 5.73 Å². The monoisotopic (exact) mass is 270 g/mol. The zero-order valence-corrected chi connectivity index (χ0v) is 11.4. The molecule has 0 aliphatic rings. The number of benzene rings is 1. The lowest BCUT2D eigenvalue weighted by molar-refractivity contribution is 0.519. The molecular formula is C12H19BrN2. The van der Waals surface area contributed by atoms with Crippen LogP contribution < -0.4 is 10.6 Å². The Kier molecular flexibility index (Phi) is 3.79. The van der Waals surface area contributed by atoms with E-state index in [1.807, 2.05) is 13.8 Å². The van der Waals surface area contributed by atoms with Gasteiger partial charge in [-0.3, -0.25) is 0 Å². The third kappa shape index (κ3) is 3.84. The summed E-state index contributed by atoms with van der Waals surface area (Å²) < 4.78 is 1.10. The first-order valence-corrected chi connectivity index (χ1v) is 5.85. The molecule has 0 saturated heterocycles. The van der Waals surface area contributed by atoms with Crippen LogP contribution >= 0.6 is 15.9 Å². The fraction of sp³-hybridized carbons (Fsp3) is 0.500. The summed E-state index contributed by atoms with van der Waals surface area (Å²) in [6.45, 7) is 7.03. The highest BCUT2D eigenvalue weighted by atomic mass is 79.9. The van der Waals surface area contributed by atoms with Crippen molar-refractivity contribution in [1.82, 2.24) is 0 Å². The molecule has 0 fully saturated rings. The lowest BCUT2D eigenvalue weighted by atomic mass is 10.1. The van der Waals surface area contributed by atoms with Gasteiger partial charge in [0.2, 0.25) is 0 Å². The van der Waals surface area contributed by atoms with Gasteiger partial charge in [-0.1, -0.05) is 22.0 Å². The highest BCUT2D eigenvalue weighted by Gasteiger charge is 2.15. The predicted octanol–water partition coefficient (Wildman–Crippen LogP) is 2.93. The van der Waals surface area contributed by atoms with E-state index in [1.54, 1.807) is 0 Å². The van der Waals surface area contributed by atoms with Gasteiger partial charge in [0.15, 0.2) is 0 Å². The Labute approximate surface area is 101 Å². The molecule has 0 saturated carbocycles. The number of hydrogen-bond donors (Lipinski definition) is 1. The van der Waals surface area contributed by atoms with E-state index in [1.165, 1.54) is 11.3 Å². The summed E-state index contributed by atoms with van der Waals surface area (Å²) in [6, 6.07) is 6.29. The molecule has 0 aromatic heterocycles. The summed E-state index contributed by atoms with van der Waals surface area (Å²) in [7, 11) is 2.07. The first-order valence-electron chi connectivity index (χ1n) is 5.06. The quantitative estimate of drug-likeness (QED) is 0.915. The Morgan fingerprint density at radius 3 is 2.53 bits per heavy atom. The summed E-state index contributed by atoms with van der Waals surface area (Å²) in [4.78, 5) is 2.19. The lowest BCUT2D eigenvalue weighted by Gasteiger charge is -2.29. The summed E-state index contributed by atoms with van der Waals surface area (Å²) in [5.41, 5.74) is 8.32. The zero-order chi connectivity index (χ0) is 11.6. The number of anilines is 1. The van der Waals surface area contributed by atoms with Crippen LogP contribution in [0.1, 0.15) is 19.4 Å². The lowest BCUT2D eigenvalue weighted by Crippen LogP contribution is -2.44. The second-order valence-electron chi connectivity index (χ2n) is 4.78. The molecule has 1 aromatic carbocycles. The van der Waals surface area contributed by atoms with Gasteiger partial charge in [0.25, 0.3) is 0 Å². The van der Waals surface area contributed by atoms with Crippen molar-refractivity contribution in [3.63, 3.8) is 0 Å². The highest BCUT2D eigenvalue weighted by Crippen LogP contribution is 2.24. The minimum absolute atomic E-state index is 0.177. The van der Waals surface area contributed by atoms with E-state index < -0.39 is 0 Å². The number of likely N-dealkylation sites (N-methyl/N-ethyl adjacent to an activating group) is 1. The van der Waals surface area contributed by atoms with Gasteiger partial charge in [-0.25, -0.2) is 0 Å². The molecule has 0 atom stereocenters. The molecule has 84 valence electrons. The van der Waals surface area contributed by atoms with Crippen LogP contribution in [0.4, 0.5) is 5.69 Å². The van der Waals surface area contributed by atoms with E-state index in [4.69, 9.17) is 5.73 Å². The summed E-state index contributed by atoms with van der Waals surface area (Å²) in [5, 5.41) is 0. The van der Waals surface area contributed by atoms with Crippen LogP contribution in [0.5, 0.6) is 0 Å². The molecule has 0 radical (unpaired) electrons. The third-order valence-electron chi connectivity index (χ3n) is 2.23. The van der Waals surface area contributed by atoms with Gasteiger partial charge in [0, 0.05) is 29.3 Å². The average molecular weight is 271 g/mol.